The lowest BCUT2D eigenvalue weighted by Crippen LogP contribution is -2.42. The van der Waals surface area contributed by atoms with Gasteiger partial charge in [0.1, 0.15) is 11.6 Å². The highest BCUT2D eigenvalue weighted by molar-refractivity contribution is 5.58. The van der Waals surface area contributed by atoms with Gasteiger partial charge in [-0.05, 0) is 67.9 Å². The minimum absolute atomic E-state index is 0.104. The topological polar surface area (TPSA) is 32.7 Å². The van der Waals surface area contributed by atoms with Crippen LogP contribution in [0.2, 0.25) is 0 Å². The fourth-order valence-electron chi connectivity index (χ4n) is 4.08. The summed E-state index contributed by atoms with van der Waals surface area (Å²) in [4.78, 5) is 2.11. The standard InChI is InChI=1S/C23H28FNO2/c1-25(2)16-20-11-10-19(12-17-6-5-9-22(14-17)27-3)23(20,26)15-18-7-4-8-21(24)13-18/h4-9,12-14,20,26H,10-11,15-16H2,1-3H3. The predicted molar refractivity (Wildman–Crippen MR) is 107 cm³/mol. The molecule has 0 heterocycles. The van der Waals surface area contributed by atoms with E-state index >= 15 is 0 Å². The molecule has 0 radical (unpaired) electrons. The van der Waals surface area contributed by atoms with E-state index in [1.54, 1.807) is 13.2 Å². The maximum atomic E-state index is 13.7. The molecule has 2 unspecified atom stereocenters. The minimum atomic E-state index is -0.985. The first kappa shape index (κ1) is 19.6. The van der Waals surface area contributed by atoms with Gasteiger partial charge in [0, 0.05) is 18.9 Å². The molecule has 0 aliphatic heterocycles. The number of hydrogen-bond acceptors (Lipinski definition) is 3. The van der Waals surface area contributed by atoms with E-state index in [0.29, 0.717) is 6.42 Å². The van der Waals surface area contributed by atoms with Crippen LogP contribution in [0.25, 0.3) is 6.08 Å². The van der Waals surface area contributed by atoms with Gasteiger partial charge in [-0.2, -0.15) is 0 Å². The number of aliphatic hydroxyl groups is 1. The van der Waals surface area contributed by atoms with Crippen molar-refractivity contribution in [3.05, 3.63) is 71.0 Å². The van der Waals surface area contributed by atoms with Crippen molar-refractivity contribution in [3.63, 3.8) is 0 Å². The van der Waals surface area contributed by atoms with Crippen molar-refractivity contribution in [2.75, 3.05) is 27.7 Å². The van der Waals surface area contributed by atoms with Crippen LogP contribution in [0.4, 0.5) is 4.39 Å². The molecule has 2 aromatic carbocycles. The summed E-state index contributed by atoms with van der Waals surface area (Å²) in [6.45, 7) is 0.793. The van der Waals surface area contributed by atoms with E-state index in [4.69, 9.17) is 4.74 Å². The molecule has 0 amide bonds. The van der Waals surface area contributed by atoms with Crippen LogP contribution in [0.3, 0.4) is 0 Å². The first-order valence-corrected chi connectivity index (χ1v) is 9.37. The Bertz CT molecular complexity index is 818. The Morgan fingerprint density at radius 1 is 1.22 bits per heavy atom. The fraction of sp³-hybridized carbons (Fsp3) is 0.391. The number of halogens is 1. The number of nitrogens with zero attached hydrogens (tertiary/aromatic N) is 1. The molecule has 2 aromatic rings. The van der Waals surface area contributed by atoms with Crippen LogP contribution >= 0.6 is 0 Å². The van der Waals surface area contributed by atoms with Gasteiger partial charge in [-0.1, -0.05) is 30.3 Å². The van der Waals surface area contributed by atoms with Crippen LogP contribution in [0.15, 0.2) is 54.1 Å². The lowest BCUT2D eigenvalue weighted by atomic mass is 9.81. The molecule has 0 bridgehead atoms. The molecule has 1 aliphatic rings. The van der Waals surface area contributed by atoms with Crippen molar-refractivity contribution in [2.24, 2.45) is 5.92 Å². The Balaban J connectivity index is 1.96. The summed E-state index contributed by atoms with van der Waals surface area (Å²) >= 11 is 0. The van der Waals surface area contributed by atoms with Gasteiger partial charge < -0.3 is 14.7 Å². The number of rotatable bonds is 6. The molecule has 1 saturated carbocycles. The van der Waals surface area contributed by atoms with Crippen LogP contribution in [-0.4, -0.2) is 43.4 Å². The summed E-state index contributed by atoms with van der Waals surface area (Å²) in [5.41, 5.74) is 1.85. The van der Waals surface area contributed by atoms with E-state index < -0.39 is 5.60 Å². The van der Waals surface area contributed by atoms with E-state index in [1.807, 2.05) is 44.4 Å². The lowest BCUT2D eigenvalue weighted by molar-refractivity contribution is 0.0256. The quantitative estimate of drug-likeness (QED) is 0.830. The second kappa shape index (κ2) is 8.24. The number of methoxy groups -OCH3 is 1. The van der Waals surface area contributed by atoms with E-state index in [0.717, 1.165) is 41.8 Å². The Hall–Kier alpha value is -2.17. The first-order chi connectivity index (χ1) is 12.9. The van der Waals surface area contributed by atoms with Gasteiger partial charge in [0.15, 0.2) is 0 Å². The molecule has 4 heteroatoms. The second-order valence-corrected chi connectivity index (χ2v) is 7.67. The van der Waals surface area contributed by atoms with Crippen molar-refractivity contribution in [1.82, 2.24) is 4.90 Å². The van der Waals surface area contributed by atoms with Crippen LogP contribution in [0.1, 0.15) is 24.0 Å². The smallest absolute Gasteiger partial charge is 0.123 e. The Kier molecular flexibility index (Phi) is 5.98. The van der Waals surface area contributed by atoms with Gasteiger partial charge in [0.25, 0.3) is 0 Å². The number of ether oxygens (including phenoxy) is 1. The third-order valence-corrected chi connectivity index (χ3v) is 5.38. The SMILES string of the molecule is COc1cccc(C=C2CCC(CN(C)C)C2(O)Cc2cccc(F)c2)c1. The molecule has 3 nitrogen and oxygen atoms in total. The van der Waals surface area contributed by atoms with Crippen molar-refractivity contribution in [3.8, 4) is 5.75 Å². The van der Waals surface area contributed by atoms with Crippen molar-refractivity contribution < 1.29 is 14.2 Å². The summed E-state index contributed by atoms with van der Waals surface area (Å²) in [6, 6.07) is 14.4. The third kappa shape index (κ3) is 4.57. The zero-order valence-corrected chi connectivity index (χ0v) is 16.3. The minimum Gasteiger partial charge on any atom is -0.497 e. The normalized spacial score (nSPS) is 23.9. The molecule has 27 heavy (non-hydrogen) atoms. The first-order valence-electron chi connectivity index (χ1n) is 9.37. The van der Waals surface area contributed by atoms with Gasteiger partial charge >= 0.3 is 0 Å². The van der Waals surface area contributed by atoms with Crippen LogP contribution in [-0.2, 0) is 6.42 Å². The fourth-order valence-corrected chi connectivity index (χ4v) is 4.08. The van der Waals surface area contributed by atoms with Gasteiger partial charge in [-0.25, -0.2) is 4.39 Å². The average Bonchev–Trinajstić information content (AvgIpc) is 2.90. The molecule has 1 N–H and O–H groups in total. The summed E-state index contributed by atoms with van der Waals surface area (Å²) in [5, 5.41) is 11.7. The Morgan fingerprint density at radius 3 is 2.70 bits per heavy atom. The zero-order valence-electron chi connectivity index (χ0n) is 16.3. The van der Waals surface area contributed by atoms with Gasteiger partial charge in [-0.3, -0.25) is 0 Å². The Morgan fingerprint density at radius 2 is 2.00 bits per heavy atom. The molecule has 0 saturated heterocycles. The van der Waals surface area contributed by atoms with Gasteiger partial charge in [0.2, 0.25) is 0 Å². The Labute approximate surface area is 161 Å². The molecule has 3 rings (SSSR count). The average molecular weight is 369 g/mol. The van der Waals surface area contributed by atoms with Crippen LogP contribution < -0.4 is 4.74 Å². The molecule has 144 valence electrons. The molecular weight excluding hydrogens is 341 g/mol. The summed E-state index contributed by atoms with van der Waals surface area (Å²) < 4.78 is 19.0. The van der Waals surface area contributed by atoms with Crippen molar-refractivity contribution in [1.29, 1.82) is 0 Å². The van der Waals surface area contributed by atoms with E-state index in [2.05, 4.69) is 11.0 Å². The molecular formula is C23H28FNO2. The predicted octanol–water partition coefficient (Wildman–Crippen LogP) is 4.16. The molecule has 0 aromatic heterocycles. The largest absolute Gasteiger partial charge is 0.497 e. The van der Waals surface area contributed by atoms with Crippen molar-refractivity contribution >= 4 is 6.08 Å². The lowest BCUT2D eigenvalue weighted by Gasteiger charge is -2.33. The van der Waals surface area contributed by atoms with Crippen LogP contribution in [0.5, 0.6) is 5.75 Å². The summed E-state index contributed by atoms with van der Waals surface area (Å²) in [6.07, 6.45) is 4.23. The van der Waals surface area contributed by atoms with Crippen LogP contribution in [0, 0.1) is 11.7 Å². The highest BCUT2D eigenvalue weighted by Crippen LogP contribution is 2.44. The van der Waals surface area contributed by atoms with Crippen molar-refractivity contribution in [2.45, 2.75) is 24.9 Å². The molecule has 2 atom stereocenters. The highest BCUT2D eigenvalue weighted by Gasteiger charge is 2.45. The molecule has 1 aliphatic carbocycles. The van der Waals surface area contributed by atoms with Gasteiger partial charge in [0.05, 0.1) is 12.7 Å². The van der Waals surface area contributed by atoms with Gasteiger partial charge in [-0.15, -0.1) is 0 Å². The van der Waals surface area contributed by atoms with E-state index in [-0.39, 0.29) is 11.7 Å². The third-order valence-electron chi connectivity index (χ3n) is 5.38. The summed E-state index contributed by atoms with van der Waals surface area (Å²) in [5.74, 6) is 0.630. The number of hydrogen-bond donors (Lipinski definition) is 1. The maximum Gasteiger partial charge on any atom is 0.123 e. The van der Waals surface area contributed by atoms with E-state index in [9.17, 15) is 9.50 Å². The monoisotopic (exact) mass is 369 g/mol. The number of benzene rings is 2. The molecule has 1 fully saturated rings. The second-order valence-electron chi connectivity index (χ2n) is 7.67. The summed E-state index contributed by atoms with van der Waals surface area (Å²) in [7, 11) is 5.69. The zero-order chi connectivity index (χ0) is 19.4. The van der Waals surface area contributed by atoms with E-state index in [1.165, 1.54) is 12.1 Å². The molecule has 0 spiro atoms. The maximum absolute atomic E-state index is 13.7. The highest BCUT2D eigenvalue weighted by atomic mass is 19.1.